The van der Waals surface area contributed by atoms with Gasteiger partial charge in [0.05, 0.1) is 13.7 Å². The normalized spacial score (nSPS) is 14.9. The van der Waals surface area contributed by atoms with Gasteiger partial charge in [-0.2, -0.15) is 5.26 Å². The molecule has 5 nitrogen and oxygen atoms in total. The molecule has 1 heterocycles. The lowest BCUT2D eigenvalue weighted by Crippen LogP contribution is -2.32. The lowest BCUT2D eigenvalue weighted by atomic mass is 10.1. The predicted molar refractivity (Wildman–Crippen MR) is 111 cm³/mol. The van der Waals surface area contributed by atoms with E-state index in [1.807, 2.05) is 18.2 Å². The third kappa shape index (κ3) is 6.60. The Morgan fingerprint density at radius 2 is 1.89 bits per heavy atom. The van der Waals surface area contributed by atoms with Gasteiger partial charge >= 0.3 is 0 Å². The lowest BCUT2D eigenvalue weighted by Gasteiger charge is -2.19. The molecule has 0 N–H and O–H groups in total. The summed E-state index contributed by atoms with van der Waals surface area (Å²) in [6.07, 6.45) is 10.5. The lowest BCUT2D eigenvalue weighted by molar-refractivity contribution is -0.126. The van der Waals surface area contributed by atoms with E-state index in [-0.39, 0.29) is 11.5 Å². The van der Waals surface area contributed by atoms with Crippen molar-refractivity contribution >= 4 is 12.0 Å². The largest absolute Gasteiger partial charge is 0.493 e. The van der Waals surface area contributed by atoms with Crippen molar-refractivity contribution in [3.63, 3.8) is 0 Å². The summed E-state index contributed by atoms with van der Waals surface area (Å²) in [4.78, 5) is 14.5. The Morgan fingerprint density at radius 1 is 1.14 bits per heavy atom. The molecule has 1 amide bonds. The molecule has 2 rings (SSSR count). The molecule has 0 saturated carbocycles. The number of carbonyl (C=O) groups excluding carboxylic acids is 1. The summed E-state index contributed by atoms with van der Waals surface area (Å²) in [6.45, 7) is 4.30. The number of nitriles is 1. The zero-order valence-corrected chi connectivity index (χ0v) is 17.2. The minimum absolute atomic E-state index is 0.164. The summed E-state index contributed by atoms with van der Waals surface area (Å²) < 4.78 is 11.3. The first-order chi connectivity index (χ1) is 13.7. The maximum atomic E-state index is 12.7. The highest BCUT2D eigenvalue weighted by molar-refractivity contribution is 6.01. The Morgan fingerprint density at radius 3 is 2.54 bits per heavy atom. The van der Waals surface area contributed by atoms with Crippen LogP contribution >= 0.6 is 0 Å². The van der Waals surface area contributed by atoms with Crippen LogP contribution in [0.25, 0.3) is 6.08 Å². The Hall–Kier alpha value is -2.48. The van der Waals surface area contributed by atoms with Crippen molar-refractivity contribution in [2.24, 2.45) is 0 Å². The van der Waals surface area contributed by atoms with Gasteiger partial charge in [0.25, 0.3) is 5.91 Å². The number of likely N-dealkylation sites (tertiary alicyclic amines) is 1. The molecule has 1 aromatic carbocycles. The van der Waals surface area contributed by atoms with E-state index in [1.165, 1.54) is 12.8 Å². The highest BCUT2D eigenvalue weighted by atomic mass is 16.5. The van der Waals surface area contributed by atoms with Crippen LogP contribution in [0.2, 0.25) is 0 Å². The van der Waals surface area contributed by atoms with E-state index in [0.29, 0.717) is 18.1 Å². The molecule has 28 heavy (non-hydrogen) atoms. The number of hydrogen-bond acceptors (Lipinski definition) is 4. The number of hydrogen-bond donors (Lipinski definition) is 0. The van der Waals surface area contributed by atoms with E-state index in [1.54, 1.807) is 18.1 Å². The number of benzene rings is 1. The van der Waals surface area contributed by atoms with Crippen LogP contribution in [0.15, 0.2) is 23.8 Å². The van der Waals surface area contributed by atoms with Gasteiger partial charge in [-0.1, -0.05) is 45.1 Å². The Labute approximate surface area is 168 Å². The zero-order valence-electron chi connectivity index (χ0n) is 17.2. The van der Waals surface area contributed by atoms with Crippen LogP contribution in [0.4, 0.5) is 0 Å². The summed E-state index contributed by atoms with van der Waals surface area (Å²) in [5, 5.41) is 9.51. The topological polar surface area (TPSA) is 62.6 Å². The van der Waals surface area contributed by atoms with E-state index in [4.69, 9.17) is 9.47 Å². The number of methoxy groups -OCH3 is 1. The molecule has 0 unspecified atom stereocenters. The minimum Gasteiger partial charge on any atom is -0.493 e. The number of carbonyl (C=O) groups is 1. The molecule has 0 aromatic heterocycles. The summed E-state index contributed by atoms with van der Waals surface area (Å²) in [5.41, 5.74) is 0.923. The summed E-state index contributed by atoms with van der Waals surface area (Å²) in [7, 11) is 1.60. The second kappa shape index (κ2) is 12.1. The quantitative estimate of drug-likeness (QED) is 0.343. The first-order valence-electron chi connectivity index (χ1n) is 10.4. The number of nitrogens with zero attached hydrogens (tertiary/aromatic N) is 2. The SMILES string of the molecule is CCCCCCOc1ccc(/C=C(\C#N)C(=O)N2CCCCCC2)cc1OC. The molecule has 1 saturated heterocycles. The first kappa shape index (κ1) is 21.8. The van der Waals surface area contributed by atoms with Crippen molar-refractivity contribution in [2.45, 2.75) is 58.3 Å². The smallest absolute Gasteiger partial charge is 0.264 e. The second-order valence-electron chi connectivity index (χ2n) is 7.20. The molecule has 1 fully saturated rings. The molecule has 0 bridgehead atoms. The van der Waals surface area contributed by atoms with Crippen LogP contribution in [-0.4, -0.2) is 37.6 Å². The van der Waals surface area contributed by atoms with Gasteiger partial charge in [0.1, 0.15) is 11.6 Å². The summed E-state index contributed by atoms with van der Waals surface area (Å²) >= 11 is 0. The Kier molecular flexibility index (Phi) is 9.41. The number of unbranched alkanes of at least 4 members (excludes halogenated alkanes) is 3. The number of rotatable bonds is 9. The summed E-state index contributed by atoms with van der Waals surface area (Å²) in [6, 6.07) is 7.59. The van der Waals surface area contributed by atoms with Gasteiger partial charge < -0.3 is 14.4 Å². The second-order valence-corrected chi connectivity index (χ2v) is 7.20. The highest BCUT2D eigenvalue weighted by Gasteiger charge is 2.19. The third-order valence-electron chi connectivity index (χ3n) is 5.00. The number of ether oxygens (including phenoxy) is 2. The number of amides is 1. The van der Waals surface area contributed by atoms with Crippen molar-refractivity contribution in [1.82, 2.24) is 4.90 Å². The highest BCUT2D eigenvalue weighted by Crippen LogP contribution is 2.29. The molecule has 1 aromatic rings. The van der Waals surface area contributed by atoms with Crippen LogP contribution in [0.1, 0.15) is 63.9 Å². The Balaban J connectivity index is 2.07. The molecule has 152 valence electrons. The predicted octanol–water partition coefficient (Wildman–Crippen LogP) is 4.96. The maximum absolute atomic E-state index is 12.7. The minimum atomic E-state index is -0.181. The first-order valence-corrected chi connectivity index (χ1v) is 10.4. The molecule has 0 atom stereocenters. The van der Waals surface area contributed by atoms with E-state index < -0.39 is 0 Å². The fourth-order valence-electron chi connectivity index (χ4n) is 3.36. The van der Waals surface area contributed by atoms with Crippen LogP contribution < -0.4 is 9.47 Å². The van der Waals surface area contributed by atoms with E-state index >= 15 is 0 Å². The fraction of sp³-hybridized carbons (Fsp3) is 0.565. The van der Waals surface area contributed by atoms with E-state index in [2.05, 4.69) is 13.0 Å². The van der Waals surface area contributed by atoms with Gasteiger partial charge in [0.2, 0.25) is 0 Å². The van der Waals surface area contributed by atoms with E-state index in [0.717, 1.165) is 57.2 Å². The molecule has 1 aliphatic heterocycles. The monoisotopic (exact) mass is 384 g/mol. The third-order valence-corrected chi connectivity index (χ3v) is 5.00. The van der Waals surface area contributed by atoms with E-state index in [9.17, 15) is 10.1 Å². The average Bonchev–Trinajstić information content (AvgIpc) is 3.01. The molecule has 1 aliphatic rings. The van der Waals surface area contributed by atoms with Crippen LogP contribution in [0, 0.1) is 11.3 Å². The maximum Gasteiger partial charge on any atom is 0.264 e. The fourth-order valence-corrected chi connectivity index (χ4v) is 3.36. The van der Waals surface area contributed by atoms with Gasteiger partial charge in [0.15, 0.2) is 11.5 Å². The van der Waals surface area contributed by atoms with Crippen molar-refractivity contribution in [3.05, 3.63) is 29.3 Å². The molecular formula is C23H32N2O3. The molecule has 0 radical (unpaired) electrons. The van der Waals surface area contributed by atoms with Gasteiger partial charge in [-0.15, -0.1) is 0 Å². The van der Waals surface area contributed by atoms with Gasteiger partial charge in [-0.05, 0) is 43.0 Å². The zero-order chi connectivity index (χ0) is 20.2. The van der Waals surface area contributed by atoms with Gasteiger partial charge in [-0.25, -0.2) is 0 Å². The van der Waals surface area contributed by atoms with Crippen LogP contribution in [-0.2, 0) is 4.79 Å². The van der Waals surface area contributed by atoms with Gasteiger partial charge in [0, 0.05) is 13.1 Å². The van der Waals surface area contributed by atoms with Crippen LogP contribution in [0.3, 0.4) is 0 Å². The average molecular weight is 385 g/mol. The van der Waals surface area contributed by atoms with Crippen molar-refractivity contribution in [2.75, 3.05) is 26.8 Å². The van der Waals surface area contributed by atoms with Crippen molar-refractivity contribution in [1.29, 1.82) is 5.26 Å². The van der Waals surface area contributed by atoms with Crippen molar-refractivity contribution in [3.8, 4) is 17.6 Å². The molecule has 5 heteroatoms. The Bertz CT molecular complexity index is 698. The molecule has 0 spiro atoms. The standard InChI is InChI=1S/C23H32N2O3/c1-3-4-5-10-15-28-21-12-11-19(17-22(21)27-2)16-20(18-24)23(26)25-13-8-6-7-9-14-25/h11-12,16-17H,3-10,13-15H2,1-2H3/b20-16+. The van der Waals surface area contributed by atoms with Crippen molar-refractivity contribution < 1.29 is 14.3 Å². The van der Waals surface area contributed by atoms with Crippen LogP contribution in [0.5, 0.6) is 11.5 Å². The molecular weight excluding hydrogens is 352 g/mol. The van der Waals surface area contributed by atoms with Gasteiger partial charge in [-0.3, -0.25) is 4.79 Å². The molecule has 0 aliphatic carbocycles. The summed E-state index contributed by atoms with van der Waals surface area (Å²) in [5.74, 6) is 1.12.